The molecule has 1 fully saturated rings. The van der Waals surface area contributed by atoms with Crippen LogP contribution in [0.15, 0.2) is 112 Å². The Hall–Kier alpha value is -4.96. The fraction of sp³-hybridized carbons (Fsp3) is 0.194. The summed E-state index contributed by atoms with van der Waals surface area (Å²) in [6.07, 6.45) is 0. The van der Waals surface area contributed by atoms with E-state index < -0.39 is 0 Å². The minimum absolute atomic E-state index is 0.228. The maximum Gasteiger partial charge on any atom is 0.179 e. The number of hydrogen-bond acceptors (Lipinski definition) is 7. The predicted molar refractivity (Wildman–Crippen MR) is 184 cm³/mol. The van der Waals surface area contributed by atoms with Gasteiger partial charge in [-0.05, 0) is 73.7 Å². The molecule has 8 nitrogen and oxygen atoms in total. The van der Waals surface area contributed by atoms with Gasteiger partial charge < -0.3 is 19.4 Å². The summed E-state index contributed by atoms with van der Waals surface area (Å²) in [5.74, 6) is 2.92. The van der Waals surface area contributed by atoms with Gasteiger partial charge in [-0.2, -0.15) is 5.10 Å². The summed E-state index contributed by atoms with van der Waals surface area (Å²) >= 11 is 3.73. The Morgan fingerprint density at radius 3 is 2.26 bits per heavy atom. The largest absolute Gasteiger partial charge is 0.496 e. The first-order valence-corrected chi connectivity index (χ1v) is 16.1. The second kappa shape index (κ2) is 11.4. The molecule has 1 unspecified atom stereocenters. The number of fused-ring (bicyclic) bond motifs is 4. The van der Waals surface area contributed by atoms with Gasteiger partial charge in [-0.15, -0.1) is 0 Å². The van der Waals surface area contributed by atoms with E-state index in [0.29, 0.717) is 0 Å². The van der Waals surface area contributed by atoms with Gasteiger partial charge in [0.2, 0.25) is 0 Å². The van der Waals surface area contributed by atoms with Crippen molar-refractivity contribution in [3.05, 3.63) is 124 Å². The van der Waals surface area contributed by atoms with Crippen molar-refractivity contribution in [2.24, 2.45) is 9.98 Å². The Morgan fingerprint density at radius 1 is 0.783 bits per heavy atom. The van der Waals surface area contributed by atoms with E-state index in [-0.39, 0.29) is 11.9 Å². The third-order valence-electron chi connectivity index (χ3n) is 8.88. The van der Waals surface area contributed by atoms with Crippen molar-refractivity contribution in [1.29, 1.82) is 0 Å². The second-order valence-corrected chi connectivity index (χ2v) is 12.5. The van der Waals surface area contributed by atoms with Gasteiger partial charge in [-0.1, -0.05) is 46.3 Å². The first kappa shape index (κ1) is 28.5. The fourth-order valence-electron chi connectivity index (χ4n) is 6.70. The zero-order chi connectivity index (χ0) is 31.4. The summed E-state index contributed by atoms with van der Waals surface area (Å²) in [5, 5.41) is 5.06. The lowest BCUT2D eigenvalue weighted by molar-refractivity contribution is 0.388. The molecule has 8 rings (SSSR count). The molecule has 230 valence electrons. The number of aromatic nitrogens is 2. The van der Waals surface area contributed by atoms with Crippen LogP contribution in [0.5, 0.6) is 5.75 Å². The molecule has 4 heterocycles. The van der Waals surface area contributed by atoms with E-state index >= 15 is 0 Å². The summed E-state index contributed by atoms with van der Waals surface area (Å²) in [6, 6.07) is 30.9. The summed E-state index contributed by atoms with van der Waals surface area (Å²) in [7, 11) is 1.71. The van der Waals surface area contributed by atoms with Crippen LogP contribution in [-0.4, -0.2) is 59.6 Å². The average molecular weight is 677 g/mol. The van der Waals surface area contributed by atoms with Crippen molar-refractivity contribution < 1.29 is 9.13 Å². The van der Waals surface area contributed by atoms with Crippen LogP contribution in [0, 0.1) is 12.7 Å². The maximum absolute atomic E-state index is 13.6. The monoisotopic (exact) mass is 675 g/mol. The molecule has 0 saturated carbocycles. The molecule has 1 saturated heterocycles. The topological polar surface area (TPSA) is 61.5 Å². The third kappa shape index (κ3) is 4.75. The number of para-hydroxylation sites is 3. The Kier molecular flexibility index (Phi) is 7.09. The van der Waals surface area contributed by atoms with Crippen LogP contribution < -0.4 is 14.5 Å². The lowest BCUT2D eigenvalue weighted by Crippen LogP contribution is -2.55. The Balaban J connectivity index is 1.30. The van der Waals surface area contributed by atoms with Crippen LogP contribution in [0.25, 0.3) is 5.69 Å². The van der Waals surface area contributed by atoms with Crippen LogP contribution in [0.1, 0.15) is 22.9 Å². The van der Waals surface area contributed by atoms with E-state index in [1.54, 1.807) is 7.11 Å². The first-order chi connectivity index (χ1) is 22.5. The maximum atomic E-state index is 13.6. The Bertz CT molecular complexity index is 2000. The van der Waals surface area contributed by atoms with Crippen molar-refractivity contribution in [2.45, 2.75) is 13.0 Å². The van der Waals surface area contributed by atoms with Gasteiger partial charge in [-0.3, -0.25) is 0 Å². The molecule has 0 aliphatic carbocycles. The third-order valence-corrected chi connectivity index (χ3v) is 9.37. The number of aliphatic imine (C=N–C) groups is 2. The summed E-state index contributed by atoms with van der Waals surface area (Å²) < 4.78 is 22.5. The van der Waals surface area contributed by atoms with Gasteiger partial charge in [0, 0.05) is 47.5 Å². The fourth-order valence-corrected chi connectivity index (χ4v) is 7.08. The van der Waals surface area contributed by atoms with Crippen LogP contribution in [-0.2, 0) is 0 Å². The molecule has 5 aromatic rings. The van der Waals surface area contributed by atoms with Crippen molar-refractivity contribution in [2.75, 3.05) is 43.1 Å². The van der Waals surface area contributed by atoms with Gasteiger partial charge >= 0.3 is 0 Å². The highest BCUT2D eigenvalue weighted by atomic mass is 79.9. The van der Waals surface area contributed by atoms with Gasteiger partial charge in [-0.25, -0.2) is 19.1 Å². The zero-order valence-corrected chi connectivity index (χ0v) is 27.0. The minimum atomic E-state index is -0.292. The predicted octanol–water partition coefficient (Wildman–Crippen LogP) is 7.60. The van der Waals surface area contributed by atoms with E-state index in [4.69, 9.17) is 19.8 Å². The van der Waals surface area contributed by atoms with Gasteiger partial charge in [0.1, 0.15) is 11.6 Å². The molecule has 3 aliphatic heterocycles. The van der Waals surface area contributed by atoms with E-state index in [1.807, 2.05) is 71.4 Å². The normalized spacial score (nSPS) is 17.1. The number of hydrogen-bond donors (Lipinski definition) is 0. The van der Waals surface area contributed by atoms with E-state index in [1.165, 1.54) is 12.1 Å². The average Bonchev–Trinajstić information content (AvgIpc) is 3.43. The molecule has 1 aromatic heterocycles. The van der Waals surface area contributed by atoms with Crippen LogP contribution in [0.3, 0.4) is 0 Å². The number of aryl methyl sites for hydroxylation is 1. The van der Waals surface area contributed by atoms with Crippen molar-refractivity contribution >= 4 is 50.5 Å². The first-order valence-electron chi connectivity index (χ1n) is 15.3. The number of amidine groups is 2. The molecule has 0 spiro atoms. The van der Waals surface area contributed by atoms with Crippen molar-refractivity contribution in [3.63, 3.8) is 0 Å². The second-order valence-electron chi connectivity index (χ2n) is 11.5. The molecule has 0 amide bonds. The molecule has 4 aromatic carbocycles. The van der Waals surface area contributed by atoms with E-state index in [2.05, 4.69) is 55.8 Å². The lowest BCUT2D eigenvalue weighted by atomic mass is 9.92. The van der Waals surface area contributed by atoms with Crippen LogP contribution >= 0.6 is 15.9 Å². The molecule has 46 heavy (non-hydrogen) atoms. The summed E-state index contributed by atoms with van der Waals surface area (Å²) in [5.41, 5.74) is 6.71. The standard InChI is InChI=1S/C36H31BrFN7O/c1-23-32-33(28-22-24(37)12-17-31(28)46-2)44-30-11-7-6-10-29(30)39-35(36(44)40-34(32)45(41-23)27-8-4-3-5-9-27)43-20-18-42(19-21-43)26-15-13-25(38)14-16-26/h3-17,22,33H,18-21H2,1-2H3. The SMILES string of the molecule is COc1ccc(Br)cc1C1c2c(C)nn(-c3ccccc3)c2N=C2C(N3CCN(c4ccc(F)cc4)CC3)=Nc3ccccc3N21. The van der Waals surface area contributed by atoms with Gasteiger partial charge in [0.15, 0.2) is 17.5 Å². The number of piperazine rings is 1. The molecule has 0 radical (unpaired) electrons. The molecule has 0 bridgehead atoms. The highest BCUT2D eigenvalue weighted by Gasteiger charge is 2.44. The number of ether oxygens (including phenoxy) is 1. The number of halogens is 2. The van der Waals surface area contributed by atoms with E-state index in [0.717, 1.165) is 93.5 Å². The lowest BCUT2D eigenvalue weighted by Gasteiger charge is -2.44. The highest BCUT2D eigenvalue weighted by Crippen LogP contribution is 2.50. The zero-order valence-electron chi connectivity index (χ0n) is 25.4. The molecule has 10 heteroatoms. The number of nitrogens with zero attached hydrogens (tertiary/aromatic N) is 7. The summed E-state index contributed by atoms with van der Waals surface area (Å²) in [6.45, 7) is 5.07. The number of rotatable bonds is 4. The molecule has 0 N–H and O–H groups in total. The molecular formula is C36H31BrFN7O. The Labute approximate surface area is 275 Å². The number of benzene rings is 4. The number of anilines is 2. The Morgan fingerprint density at radius 2 is 1.50 bits per heavy atom. The molecular weight excluding hydrogens is 645 g/mol. The van der Waals surface area contributed by atoms with Gasteiger partial charge in [0.25, 0.3) is 0 Å². The summed E-state index contributed by atoms with van der Waals surface area (Å²) in [4.78, 5) is 17.6. The quantitative estimate of drug-likeness (QED) is 0.196. The smallest absolute Gasteiger partial charge is 0.179 e. The van der Waals surface area contributed by atoms with E-state index in [9.17, 15) is 4.39 Å². The van der Waals surface area contributed by atoms with Crippen LogP contribution in [0.2, 0.25) is 0 Å². The van der Waals surface area contributed by atoms with Crippen LogP contribution in [0.4, 0.5) is 27.3 Å². The highest BCUT2D eigenvalue weighted by molar-refractivity contribution is 9.10. The number of methoxy groups -OCH3 is 1. The molecule has 3 aliphatic rings. The van der Waals surface area contributed by atoms with Crippen molar-refractivity contribution in [3.8, 4) is 11.4 Å². The van der Waals surface area contributed by atoms with Gasteiger partial charge in [0.05, 0.1) is 35.9 Å². The minimum Gasteiger partial charge on any atom is -0.496 e. The molecule has 1 atom stereocenters. The van der Waals surface area contributed by atoms with Crippen molar-refractivity contribution in [1.82, 2.24) is 14.7 Å².